The van der Waals surface area contributed by atoms with E-state index in [4.69, 9.17) is 5.73 Å². The summed E-state index contributed by atoms with van der Waals surface area (Å²) in [5.74, 6) is 0.00183. The molecule has 1 heterocycles. The summed E-state index contributed by atoms with van der Waals surface area (Å²) in [7, 11) is 0. The van der Waals surface area contributed by atoms with Crippen molar-refractivity contribution < 1.29 is 4.79 Å². The number of thiazole rings is 1. The van der Waals surface area contributed by atoms with Crippen molar-refractivity contribution in [2.45, 2.75) is 31.7 Å². The number of anilines is 1. The van der Waals surface area contributed by atoms with Crippen LogP contribution in [-0.2, 0) is 4.79 Å². The number of nitrogens with zero attached hydrogens (tertiary/aromatic N) is 1. The van der Waals surface area contributed by atoms with Gasteiger partial charge in [-0.25, -0.2) is 4.98 Å². The third-order valence-electron chi connectivity index (χ3n) is 3.75. The highest BCUT2D eigenvalue weighted by atomic mass is 32.1. The first-order valence-electron chi connectivity index (χ1n) is 6.64. The van der Waals surface area contributed by atoms with Crippen molar-refractivity contribution in [1.82, 2.24) is 4.98 Å². The van der Waals surface area contributed by atoms with E-state index in [-0.39, 0.29) is 17.9 Å². The number of fused-ring (bicyclic) bond motifs is 1. The molecule has 1 aromatic carbocycles. The molecular weight excluding hydrogens is 258 g/mol. The molecule has 2 aromatic rings. The van der Waals surface area contributed by atoms with Crippen LogP contribution in [0.15, 0.2) is 23.7 Å². The highest BCUT2D eigenvalue weighted by Gasteiger charge is 2.28. The Morgan fingerprint density at radius 3 is 3.05 bits per heavy atom. The van der Waals surface area contributed by atoms with Crippen LogP contribution in [0.4, 0.5) is 5.69 Å². The minimum Gasteiger partial charge on any atom is -0.327 e. The molecule has 0 saturated heterocycles. The van der Waals surface area contributed by atoms with Gasteiger partial charge in [0.1, 0.15) is 0 Å². The van der Waals surface area contributed by atoms with Crippen LogP contribution < -0.4 is 11.1 Å². The molecular formula is C14H17N3OS. The summed E-state index contributed by atoms with van der Waals surface area (Å²) in [5.41, 5.74) is 9.65. The largest absolute Gasteiger partial charge is 0.327 e. The maximum Gasteiger partial charge on any atom is 0.229 e. The number of amides is 1. The molecule has 0 bridgehead atoms. The molecule has 4 nitrogen and oxygen atoms in total. The Labute approximate surface area is 116 Å². The molecule has 1 fully saturated rings. The lowest BCUT2D eigenvalue weighted by molar-refractivity contribution is -0.121. The summed E-state index contributed by atoms with van der Waals surface area (Å²) in [4.78, 5) is 16.5. The molecule has 2 atom stereocenters. The third kappa shape index (κ3) is 2.62. The van der Waals surface area contributed by atoms with Gasteiger partial charge in [-0.2, -0.15) is 0 Å². The van der Waals surface area contributed by atoms with Gasteiger partial charge in [-0.3, -0.25) is 4.79 Å². The molecule has 0 radical (unpaired) electrons. The predicted octanol–water partition coefficient (Wildman–Crippen LogP) is 2.75. The summed E-state index contributed by atoms with van der Waals surface area (Å²) >= 11 is 1.58. The Morgan fingerprint density at radius 2 is 2.21 bits per heavy atom. The lowest BCUT2D eigenvalue weighted by Gasteiger charge is -2.27. The van der Waals surface area contributed by atoms with Crippen molar-refractivity contribution in [3.05, 3.63) is 23.7 Å². The Bertz CT molecular complexity index is 595. The fourth-order valence-corrected chi connectivity index (χ4v) is 3.37. The molecule has 3 rings (SSSR count). The molecule has 100 valence electrons. The Kier molecular flexibility index (Phi) is 3.48. The van der Waals surface area contributed by atoms with Crippen LogP contribution in [0.2, 0.25) is 0 Å². The molecule has 0 aliphatic heterocycles. The van der Waals surface area contributed by atoms with Gasteiger partial charge in [0.05, 0.1) is 21.6 Å². The van der Waals surface area contributed by atoms with Crippen molar-refractivity contribution in [3.63, 3.8) is 0 Å². The van der Waals surface area contributed by atoms with E-state index in [0.717, 1.165) is 41.6 Å². The number of aromatic nitrogens is 1. The second kappa shape index (κ2) is 5.27. The topological polar surface area (TPSA) is 68.0 Å². The molecule has 3 N–H and O–H groups in total. The molecule has 2 unspecified atom stereocenters. The van der Waals surface area contributed by atoms with Gasteiger partial charge in [0.2, 0.25) is 5.91 Å². The molecule has 1 aliphatic rings. The van der Waals surface area contributed by atoms with Gasteiger partial charge in [0, 0.05) is 11.7 Å². The first-order chi connectivity index (χ1) is 9.24. The van der Waals surface area contributed by atoms with E-state index in [1.165, 1.54) is 0 Å². The minimum absolute atomic E-state index is 0.000820. The van der Waals surface area contributed by atoms with Crippen molar-refractivity contribution in [3.8, 4) is 0 Å². The number of nitrogens with two attached hydrogens (primary N) is 1. The molecule has 0 spiro atoms. The number of nitrogens with one attached hydrogen (secondary N) is 1. The number of hydrogen-bond donors (Lipinski definition) is 2. The van der Waals surface area contributed by atoms with Crippen molar-refractivity contribution in [2.24, 2.45) is 11.7 Å². The van der Waals surface area contributed by atoms with Crippen LogP contribution in [0.25, 0.3) is 10.2 Å². The maximum absolute atomic E-state index is 12.2. The Hall–Kier alpha value is -1.46. The standard InChI is InChI=1S/C14H17N3OS/c15-11-4-2-1-3-10(11)14(18)17-9-5-6-12-13(7-9)19-8-16-12/h5-8,10-11H,1-4,15H2,(H,17,18). The third-order valence-corrected chi connectivity index (χ3v) is 4.55. The number of carbonyl (C=O) groups is 1. The van der Waals surface area contributed by atoms with E-state index in [1.54, 1.807) is 11.3 Å². The van der Waals surface area contributed by atoms with Gasteiger partial charge in [-0.15, -0.1) is 11.3 Å². The number of hydrogen-bond acceptors (Lipinski definition) is 4. The average Bonchev–Trinajstić information content (AvgIpc) is 2.86. The smallest absolute Gasteiger partial charge is 0.229 e. The maximum atomic E-state index is 12.2. The predicted molar refractivity (Wildman–Crippen MR) is 78.2 cm³/mol. The van der Waals surface area contributed by atoms with Crippen LogP contribution in [-0.4, -0.2) is 16.9 Å². The van der Waals surface area contributed by atoms with E-state index in [2.05, 4.69) is 10.3 Å². The number of benzene rings is 1. The zero-order valence-electron chi connectivity index (χ0n) is 10.6. The van der Waals surface area contributed by atoms with Crippen LogP contribution in [0, 0.1) is 5.92 Å². The zero-order chi connectivity index (χ0) is 13.2. The minimum atomic E-state index is -0.0501. The highest BCUT2D eigenvalue weighted by Crippen LogP contribution is 2.26. The van der Waals surface area contributed by atoms with E-state index in [1.807, 2.05) is 23.7 Å². The Morgan fingerprint density at radius 1 is 1.37 bits per heavy atom. The van der Waals surface area contributed by atoms with Crippen LogP contribution in [0.1, 0.15) is 25.7 Å². The summed E-state index contributed by atoms with van der Waals surface area (Å²) < 4.78 is 1.09. The van der Waals surface area contributed by atoms with Gasteiger partial charge in [0.15, 0.2) is 0 Å². The zero-order valence-corrected chi connectivity index (χ0v) is 11.5. The lowest BCUT2D eigenvalue weighted by atomic mass is 9.84. The average molecular weight is 275 g/mol. The monoisotopic (exact) mass is 275 g/mol. The molecule has 1 aliphatic carbocycles. The molecule has 1 amide bonds. The van der Waals surface area contributed by atoms with E-state index < -0.39 is 0 Å². The van der Waals surface area contributed by atoms with E-state index in [9.17, 15) is 4.79 Å². The summed E-state index contributed by atoms with van der Waals surface area (Å²) in [5, 5.41) is 2.98. The van der Waals surface area contributed by atoms with Gasteiger partial charge in [-0.05, 0) is 31.0 Å². The van der Waals surface area contributed by atoms with E-state index >= 15 is 0 Å². The van der Waals surface area contributed by atoms with Crippen LogP contribution in [0.3, 0.4) is 0 Å². The van der Waals surface area contributed by atoms with E-state index in [0.29, 0.717) is 0 Å². The molecule has 5 heteroatoms. The normalized spacial score (nSPS) is 23.4. The highest BCUT2D eigenvalue weighted by molar-refractivity contribution is 7.16. The van der Waals surface area contributed by atoms with Crippen molar-refractivity contribution in [2.75, 3.05) is 5.32 Å². The number of carbonyl (C=O) groups excluding carboxylic acids is 1. The van der Waals surface area contributed by atoms with Crippen LogP contribution >= 0.6 is 11.3 Å². The van der Waals surface area contributed by atoms with Gasteiger partial charge < -0.3 is 11.1 Å². The summed E-state index contributed by atoms with van der Waals surface area (Å²) in [6, 6.07) is 5.80. The fraction of sp³-hybridized carbons (Fsp3) is 0.429. The van der Waals surface area contributed by atoms with Gasteiger partial charge >= 0.3 is 0 Å². The van der Waals surface area contributed by atoms with Crippen LogP contribution in [0.5, 0.6) is 0 Å². The first kappa shape index (κ1) is 12.6. The van der Waals surface area contributed by atoms with Gasteiger partial charge in [0.25, 0.3) is 0 Å². The lowest BCUT2D eigenvalue weighted by Crippen LogP contribution is -2.40. The first-order valence-corrected chi connectivity index (χ1v) is 7.52. The second-order valence-corrected chi connectivity index (χ2v) is 5.97. The molecule has 1 aromatic heterocycles. The molecule has 1 saturated carbocycles. The SMILES string of the molecule is NC1CCCCC1C(=O)Nc1ccc2ncsc2c1. The van der Waals surface area contributed by atoms with Crippen molar-refractivity contribution in [1.29, 1.82) is 0 Å². The number of rotatable bonds is 2. The van der Waals surface area contributed by atoms with Crippen molar-refractivity contribution >= 4 is 33.1 Å². The Balaban J connectivity index is 1.74. The van der Waals surface area contributed by atoms with Gasteiger partial charge in [-0.1, -0.05) is 12.8 Å². The molecule has 19 heavy (non-hydrogen) atoms. The summed E-state index contributed by atoms with van der Waals surface area (Å²) in [6.45, 7) is 0. The second-order valence-electron chi connectivity index (χ2n) is 5.08. The quantitative estimate of drug-likeness (QED) is 0.885. The fourth-order valence-electron chi connectivity index (χ4n) is 2.65. The summed E-state index contributed by atoms with van der Waals surface area (Å²) in [6.07, 6.45) is 4.08.